The number of aromatic nitrogens is 2. The van der Waals surface area contributed by atoms with E-state index in [1.165, 1.54) is 13.1 Å². The van der Waals surface area contributed by atoms with E-state index in [0.717, 1.165) is 0 Å². The van der Waals surface area contributed by atoms with Crippen LogP contribution in [0, 0.1) is 0 Å². The summed E-state index contributed by atoms with van der Waals surface area (Å²) in [4.78, 5) is 30.3. The van der Waals surface area contributed by atoms with Crippen molar-refractivity contribution in [3.8, 4) is 0 Å². The first-order valence-electron chi connectivity index (χ1n) is 7.11. The molecule has 1 heterocycles. The molecular formula is C13H21N5O5. The van der Waals surface area contributed by atoms with Crippen molar-refractivity contribution in [1.29, 1.82) is 0 Å². The number of rotatable bonds is 7. The molecule has 1 saturated carbocycles. The van der Waals surface area contributed by atoms with Gasteiger partial charge in [-0.25, -0.2) is 9.78 Å². The molecule has 1 aromatic rings. The number of carboxylic acids is 1. The van der Waals surface area contributed by atoms with Gasteiger partial charge in [-0.2, -0.15) is 0 Å². The molecule has 1 amide bonds. The summed E-state index contributed by atoms with van der Waals surface area (Å²) in [6, 6.07) is -0.659. The molecule has 0 aromatic carbocycles. The quantitative estimate of drug-likeness (QED) is 0.271. The minimum atomic E-state index is -2.42. The third kappa shape index (κ3) is 3.06. The second-order valence-corrected chi connectivity index (χ2v) is 5.92. The number of aliphatic carboxylic acids is 1. The van der Waals surface area contributed by atoms with E-state index >= 15 is 0 Å². The van der Waals surface area contributed by atoms with Gasteiger partial charge >= 0.3 is 5.97 Å². The van der Waals surface area contributed by atoms with Crippen LogP contribution < -0.4 is 16.8 Å². The maximum atomic E-state index is 12.1. The first-order chi connectivity index (χ1) is 10.7. The largest absolute Gasteiger partial charge is 0.479 e. The smallest absolute Gasteiger partial charge is 0.335 e. The van der Waals surface area contributed by atoms with E-state index in [0.29, 0.717) is 24.4 Å². The van der Waals surface area contributed by atoms with Gasteiger partial charge in [-0.3, -0.25) is 4.79 Å². The number of nitrogens with one attached hydrogen (secondary N) is 2. The van der Waals surface area contributed by atoms with Crippen molar-refractivity contribution in [2.75, 3.05) is 6.61 Å². The molecule has 9 N–H and O–H groups in total. The Balaban J connectivity index is 2.18. The van der Waals surface area contributed by atoms with Gasteiger partial charge in [0.2, 0.25) is 5.54 Å². The second-order valence-electron chi connectivity index (χ2n) is 5.92. The van der Waals surface area contributed by atoms with Gasteiger partial charge < -0.3 is 37.1 Å². The second kappa shape index (κ2) is 5.89. The number of amides is 1. The van der Waals surface area contributed by atoms with Gasteiger partial charge in [0, 0.05) is 0 Å². The third-order valence-electron chi connectivity index (χ3n) is 4.07. The molecular weight excluding hydrogens is 306 g/mol. The lowest BCUT2D eigenvalue weighted by Gasteiger charge is -2.24. The topological polar surface area (TPSA) is 188 Å². The normalized spacial score (nSPS) is 21.1. The van der Waals surface area contributed by atoms with Gasteiger partial charge in [0.25, 0.3) is 5.91 Å². The van der Waals surface area contributed by atoms with Crippen LogP contribution in [-0.2, 0) is 15.1 Å². The Kier molecular flexibility index (Phi) is 4.44. The van der Waals surface area contributed by atoms with Crippen LogP contribution in [0.1, 0.15) is 37.3 Å². The zero-order valence-corrected chi connectivity index (χ0v) is 12.6. The van der Waals surface area contributed by atoms with Crippen LogP contribution in [0.15, 0.2) is 6.20 Å². The number of carboxylic acid groups (broad SMARTS) is 1. The maximum Gasteiger partial charge on any atom is 0.335 e. The van der Waals surface area contributed by atoms with Crippen molar-refractivity contribution in [2.24, 2.45) is 11.5 Å². The van der Waals surface area contributed by atoms with E-state index in [1.807, 2.05) is 0 Å². The lowest BCUT2D eigenvalue weighted by molar-refractivity contribution is -0.151. The number of carbonyl (C=O) groups excluding carboxylic acids is 1. The highest BCUT2D eigenvalue weighted by Gasteiger charge is 2.53. The highest BCUT2D eigenvalue weighted by atomic mass is 16.4. The molecule has 1 aromatic heterocycles. The maximum absolute atomic E-state index is 12.1. The fourth-order valence-electron chi connectivity index (χ4n) is 2.12. The summed E-state index contributed by atoms with van der Waals surface area (Å²) in [5, 5.41) is 30.2. The number of carbonyl (C=O) groups is 2. The summed E-state index contributed by atoms with van der Waals surface area (Å²) in [6.45, 7) is 0.511. The van der Waals surface area contributed by atoms with Crippen molar-refractivity contribution in [3.63, 3.8) is 0 Å². The summed E-state index contributed by atoms with van der Waals surface area (Å²) < 4.78 is 0. The number of H-pyrrole nitrogens is 1. The average molecular weight is 327 g/mol. The molecule has 3 atom stereocenters. The van der Waals surface area contributed by atoms with Crippen LogP contribution in [0.2, 0.25) is 0 Å². The third-order valence-corrected chi connectivity index (χ3v) is 4.07. The van der Waals surface area contributed by atoms with E-state index in [2.05, 4.69) is 15.3 Å². The number of aliphatic hydroxyl groups excluding tert-OH is 2. The molecule has 128 valence electrons. The number of aliphatic hydroxyl groups is 2. The molecule has 1 aliphatic rings. The highest BCUT2D eigenvalue weighted by molar-refractivity contribution is 6.07. The number of aromatic amines is 1. The molecule has 23 heavy (non-hydrogen) atoms. The van der Waals surface area contributed by atoms with Crippen LogP contribution in [0.25, 0.3) is 0 Å². The molecule has 0 bridgehead atoms. The standard InChI is InChI=1S/C13H21N5O5/c1-6(20)8(14)7-4-16-9(17-7)12(2-3-12)18-10(21)13(15,5-19)11(22)23/h4,6,8,19-20H,2-3,5,14-15H2,1H3,(H,16,17)(H,18,21)(H,22,23)/t6-,8-,13?/m1/s1. The Morgan fingerprint density at radius 1 is 1.57 bits per heavy atom. The Hall–Kier alpha value is -2.01. The SMILES string of the molecule is C[C@@H](O)[C@@H](N)c1cnc(C2(NC(=O)C(N)(CO)C(=O)O)CC2)[nH]1. The van der Waals surface area contributed by atoms with Gasteiger partial charge in [0.1, 0.15) is 5.82 Å². The molecule has 1 unspecified atom stereocenters. The van der Waals surface area contributed by atoms with Crippen LogP contribution in [0.5, 0.6) is 0 Å². The fourth-order valence-corrected chi connectivity index (χ4v) is 2.12. The van der Waals surface area contributed by atoms with E-state index < -0.39 is 41.7 Å². The molecule has 10 nitrogen and oxygen atoms in total. The van der Waals surface area contributed by atoms with Crippen LogP contribution in [0.4, 0.5) is 0 Å². The van der Waals surface area contributed by atoms with Crippen molar-refractivity contribution >= 4 is 11.9 Å². The molecule has 0 saturated heterocycles. The van der Waals surface area contributed by atoms with Crippen molar-refractivity contribution in [1.82, 2.24) is 15.3 Å². The number of imidazole rings is 1. The lowest BCUT2D eigenvalue weighted by Crippen LogP contribution is -2.63. The number of hydrogen-bond donors (Lipinski definition) is 7. The Morgan fingerprint density at radius 2 is 2.17 bits per heavy atom. The summed E-state index contributed by atoms with van der Waals surface area (Å²) >= 11 is 0. The van der Waals surface area contributed by atoms with Gasteiger partial charge in [-0.1, -0.05) is 0 Å². The minimum Gasteiger partial charge on any atom is -0.479 e. The molecule has 1 aliphatic carbocycles. The lowest BCUT2D eigenvalue weighted by atomic mass is 10.0. The Bertz CT molecular complexity index is 612. The average Bonchev–Trinajstić information content (AvgIpc) is 3.10. The Labute approximate surface area is 131 Å². The molecule has 2 rings (SSSR count). The number of nitrogens with zero attached hydrogens (tertiary/aromatic N) is 1. The van der Waals surface area contributed by atoms with Gasteiger partial charge in [0.05, 0.1) is 36.2 Å². The molecule has 0 radical (unpaired) electrons. The predicted molar refractivity (Wildman–Crippen MR) is 77.9 cm³/mol. The summed E-state index contributed by atoms with van der Waals surface area (Å²) in [6.07, 6.45) is 1.75. The fraction of sp³-hybridized carbons (Fsp3) is 0.615. The zero-order chi connectivity index (χ0) is 17.4. The zero-order valence-electron chi connectivity index (χ0n) is 12.6. The molecule has 0 spiro atoms. The van der Waals surface area contributed by atoms with Crippen molar-refractivity contribution in [2.45, 2.75) is 43.0 Å². The van der Waals surface area contributed by atoms with E-state index in [4.69, 9.17) is 21.7 Å². The summed E-state index contributed by atoms with van der Waals surface area (Å²) in [5.74, 6) is -2.21. The van der Waals surface area contributed by atoms with Crippen LogP contribution >= 0.6 is 0 Å². The first kappa shape index (κ1) is 17.3. The Morgan fingerprint density at radius 3 is 2.61 bits per heavy atom. The van der Waals surface area contributed by atoms with Gasteiger partial charge in [-0.05, 0) is 19.8 Å². The summed E-state index contributed by atoms with van der Waals surface area (Å²) in [7, 11) is 0. The summed E-state index contributed by atoms with van der Waals surface area (Å²) in [5.41, 5.74) is 8.47. The van der Waals surface area contributed by atoms with Gasteiger partial charge in [0.15, 0.2) is 0 Å². The predicted octanol–water partition coefficient (Wildman–Crippen LogP) is -2.33. The number of hydrogen-bond acceptors (Lipinski definition) is 7. The van der Waals surface area contributed by atoms with Crippen LogP contribution in [0.3, 0.4) is 0 Å². The minimum absolute atomic E-state index is 0.405. The van der Waals surface area contributed by atoms with Crippen molar-refractivity contribution < 1.29 is 24.9 Å². The monoisotopic (exact) mass is 327 g/mol. The van der Waals surface area contributed by atoms with Crippen molar-refractivity contribution in [3.05, 3.63) is 17.7 Å². The van der Waals surface area contributed by atoms with Crippen LogP contribution in [-0.4, -0.2) is 55.4 Å². The molecule has 1 fully saturated rings. The highest BCUT2D eigenvalue weighted by Crippen LogP contribution is 2.44. The van der Waals surface area contributed by atoms with Gasteiger partial charge in [-0.15, -0.1) is 0 Å². The number of nitrogens with two attached hydrogens (primary N) is 2. The first-order valence-corrected chi connectivity index (χ1v) is 7.11. The van der Waals surface area contributed by atoms with E-state index in [1.54, 1.807) is 0 Å². The molecule has 0 aliphatic heterocycles. The van der Waals surface area contributed by atoms with E-state index in [9.17, 15) is 14.7 Å². The van der Waals surface area contributed by atoms with E-state index in [-0.39, 0.29) is 0 Å². The molecule has 10 heteroatoms.